The third-order valence-corrected chi connectivity index (χ3v) is 20.6. The average molecular weight is 1860 g/mol. The number of hydrogen-bond acceptors (Lipinski definition) is 27. The number of carbonyl (C=O) groups is 18. The summed E-state index contributed by atoms with van der Waals surface area (Å²) in [6.07, 6.45) is -11.1. The first-order chi connectivity index (χ1) is 61.4. The molecule has 35 N–H and O–H groups in total. The fourth-order valence-electron chi connectivity index (χ4n) is 12.4. The van der Waals surface area contributed by atoms with E-state index in [1.54, 1.807) is 30.4 Å². The molecule has 716 valence electrons. The Morgan fingerprint density at radius 1 is 0.408 bits per heavy atom. The van der Waals surface area contributed by atoms with E-state index >= 15 is 14.4 Å². The number of nitrogens with one attached hydrogen (secondary N) is 19. The summed E-state index contributed by atoms with van der Waals surface area (Å²) in [4.78, 5) is 252. The maximum atomic E-state index is 15.1. The number of phenolic OH excluding ortho intramolecular Hbond substituents is 2. The molecule has 1 aliphatic rings. The first-order valence-corrected chi connectivity index (χ1v) is 41.8. The lowest BCUT2D eigenvalue weighted by Gasteiger charge is -2.30. The van der Waals surface area contributed by atoms with E-state index in [0.717, 1.165) is 0 Å². The van der Waals surface area contributed by atoms with Crippen LogP contribution >= 0.6 is 11.8 Å². The Balaban J connectivity index is 1.96. The number of carbonyl (C=O) groups excluding carboxylic acids is 18. The van der Waals surface area contributed by atoms with E-state index in [2.05, 4.69) is 74.4 Å². The molecule has 0 radical (unpaired) electrons. The summed E-state index contributed by atoms with van der Waals surface area (Å²) in [6, 6.07) is -9.23. The van der Waals surface area contributed by atoms with Crippen LogP contribution in [0.1, 0.15) is 94.7 Å². The number of phenols is 2. The molecule has 130 heavy (non-hydrogen) atoms. The molecule has 3 aromatic carbocycles. The van der Waals surface area contributed by atoms with Gasteiger partial charge in [0.15, 0.2) is 11.9 Å². The second kappa shape index (κ2) is 55.1. The van der Waals surface area contributed by atoms with Gasteiger partial charge in [-0.25, -0.2) is 0 Å². The van der Waals surface area contributed by atoms with Gasteiger partial charge in [0.25, 0.3) is 0 Å². The number of primary amides is 3. The average Bonchev–Trinajstić information content (AvgIpc) is 0.607. The summed E-state index contributed by atoms with van der Waals surface area (Å²) in [7, 11) is 0. The molecule has 0 aromatic heterocycles. The first-order valence-electron chi connectivity index (χ1n) is 40.6. The van der Waals surface area contributed by atoms with Crippen LogP contribution in [-0.4, -0.2) is 297 Å². The molecule has 0 unspecified atom stereocenters. The first kappa shape index (κ1) is 109. The lowest BCUT2D eigenvalue weighted by molar-refractivity contribution is -0.173. The topological polar surface area (TPSA) is 811 Å². The normalized spacial score (nSPS) is 23.5. The van der Waals surface area contributed by atoms with Crippen LogP contribution < -0.4 is 119 Å². The van der Waals surface area contributed by atoms with Crippen LogP contribution in [0.15, 0.2) is 78.9 Å². The van der Waals surface area contributed by atoms with Crippen molar-refractivity contribution in [2.45, 2.75) is 188 Å². The molecule has 0 saturated carbocycles. The van der Waals surface area contributed by atoms with Gasteiger partial charge in [-0.15, -0.1) is 11.8 Å². The molecule has 1 fully saturated rings. The predicted molar refractivity (Wildman–Crippen MR) is 454 cm³/mol. The number of halogens is 3. The van der Waals surface area contributed by atoms with E-state index < -0.39 is 304 Å². The number of aliphatic hydroxyl groups excluding tert-OH is 4. The summed E-state index contributed by atoms with van der Waals surface area (Å²) in [5.41, 5.74) is 28.5. The number of benzene rings is 3. The summed E-state index contributed by atoms with van der Waals surface area (Å²) in [5, 5.41) is 117. The molecule has 4 rings (SSSR count). The number of nitrogens with two attached hydrogens (primary N) is 5. The molecule has 52 heteroatoms. The lowest BCUT2D eigenvalue weighted by Crippen LogP contribution is -2.62. The van der Waals surface area contributed by atoms with Crippen molar-refractivity contribution < 1.29 is 130 Å². The van der Waals surface area contributed by atoms with Crippen LogP contribution in [-0.2, 0) is 106 Å². The van der Waals surface area contributed by atoms with Crippen LogP contribution in [0.3, 0.4) is 0 Å². The molecule has 3 aromatic rings. The fourth-order valence-corrected chi connectivity index (χ4v) is 13.2. The van der Waals surface area contributed by atoms with Gasteiger partial charge < -0.3 is 150 Å². The van der Waals surface area contributed by atoms with Crippen LogP contribution in [0.2, 0.25) is 0 Å². The number of amides is 18. The highest BCUT2D eigenvalue weighted by atomic mass is 32.2. The third-order valence-electron chi connectivity index (χ3n) is 19.6. The molecule has 15 atom stereocenters. The quantitative estimate of drug-likeness (QED) is 0.0167. The van der Waals surface area contributed by atoms with Crippen molar-refractivity contribution >= 4 is 130 Å². The minimum atomic E-state index is -5.33. The molecule has 0 aliphatic carbocycles. The standard InChI is InChI=1S/C78H113F3N24O24S/c1-3-38(2)60-74(128)95-44(13-7-8-24-89-75(129)78(79,80)81)62(116)93-45(14-9-25-90-76(85)86)63(117)96-49(29-41-18-22-43(111)23-19-41)67(121)101-53(33-107)71(125)99-51(31-58(83)113)69(123)102-54(34-108)72(126)103-55(35-109)73(127)104-56(61(84)115)36-130-37-59(114)92-47(28-40-16-20-42(110)21-17-40)65(119)100-52(32-106)70(124)98-50(30-57(82)112)68(122)97-48(27-39-11-5-4-6-12-39)66(120)94-46(64(118)105-60)15-10-26-91-77(87)88/h4-6,11-12,16-23,38,44-56,60,106-111H,3,7-10,13-15,24-37H2,1-2H3,(H2,82,112)(H2,83,113)(H2,84,115)(H,89,129)(H,92,114)(H,93,116)(H,94,120)(H,95,128)(H,96,117)(H,97,122)(H,98,124)(H,99,125)(H,100,119)(H,101,121)(H,102,123)(H,103,126)(H,104,127)(H,105,118)(H4,85,86,90)(H4,87,88,91)/t38-,44-,45-,46-,47-,48-,49-,50-,51-,52+,53-,54-,55-,56-,60-/m0/s1. The van der Waals surface area contributed by atoms with Crippen molar-refractivity contribution in [1.29, 1.82) is 10.8 Å². The molecule has 1 heterocycles. The molecular weight excluding hydrogens is 1750 g/mol. The Morgan fingerprint density at radius 3 is 1.08 bits per heavy atom. The number of hydrogen-bond donors (Lipinski definition) is 30. The van der Waals surface area contributed by atoms with E-state index in [9.17, 15) is 116 Å². The van der Waals surface area contributed by atoms with E-state index in [1.807, 2.05) is 10.6 Å². The summed E-state index contributed by atoms with van der Waals surface area (Å²) >= 11 is 0.601. The van der Waals surface area contributed by atoms with Crippen LogP contribution in [0.25, 0.3) is 0 Å². The van der Waals surface area contributed by atoms with Crippen molar-refractivity contribution in [3.63, 3.8) is 0 Å². The minimum Gasteiger partial charge on any atom is -0.508 e. The highest BCUT2D eigenvalue weighted by Crippen LogP contribution is 2.19. The number of aromatic hydroxyl groups is 2. The Bertz CT molecular complexity index is 4440. The van der Waals surface area contributed by atoms with Gasteiger partial charge in [-0.1, -0.05) is 74.9 Å². The van der Waals surface area contributed by atoms with E-state index in [4.69, 9.17) is 39.5 Å². The zero-order chi connectivity index (χ0) is 97.1. The van der Waals surface area contributed by atoms with E-state index in [-0.39, 0.29) is 74.2 Å². The molecule has 1 aliphatic heterocycles. The van der Waals surface area contributed by atoms with Crippen LogP contribution in [0.5, 0.6) is 11.5 Å². The molecular formula is C78H113F3N24O24S. The monoisotopic (exact) mass is 1860 g/mol. The van der Waals surface area contributed by atoms with E-state index in [0.29, 0.717) is 17.3 Å². The van der Waals surface area contributed by atoms with Crippen LogP contribution in [0, 0.1) is 16.7 Å². The molecule has 48 nitrogen and oxygen atoms in total. The number of guanidine groups is 2. The Kier molecular flexibility index (Phi) is 46.0. The van der Waals surface area contributed by atoms with Gasteiger partial charge in [0.2, 0.25) is 100 Å². The minimum absolute atomic E-state index is 0.0468. The zero-order valence-electron chi connectivity index (χ0n) is 70.7. The van der Waals surface area contributed by atoms with Gasteiger partial charge in [-0.05, 0) is 91.8 Å². The van der Waals surface area contributed by atoms with Gasteiger partial charge >= 0.3 is 12.1 Å². The second-order valence-electron chi connectivity index (χ2n) is 29.9. The number of unbranched alkanes of at least 4 members (excludes halogenated alkanes) is 1. The molecule has 18 amide bonds. The highest BCUT2D eigenvalue weighted by Gasteiger charge is 2.41. The molecule has 0 bridgehead atoms. The Labute approximate surface area is 745 Å². The van der Waals surface area contributed by atoms with Crippen molar-refractivity contribution in [1.82, 2.24) is 90.4 Å². The van der Waals surface area contributed by atoms with Gasteiger partial charge in [-0.2, -0.15) is 13.2 Å². The van der Waals surface area contributed by atoms with Crippen molar-refractivity contribution in [2.24, 2.45) is 34.6 Å². The van der Waals surface area contributed by atoms with Crippen molar-refractivity contribution in [3.05, 3.63) is 95.6 Å². The Hall–Kier alpha value is -13.8. The van der Waals surface area contributed by atoms with Crippen molar-refractivity contribution in [2.75, 3.05) is 57.6 Å². The van der Waals surface area contributed by atoms with E-state index in [1.165, 1.54) is 67.6 Å². The largest absolute Gasteiger partial charge is 0.508 e. The summed E-state index contributed by atoms with van der Waals surface area (Å²) < 4.78 is 40.0. The number of rotatable bonds is 30. The fraction of sp³-hybridized carbons (Fsp3) is 0.513. The van der Waals surface area contributed by atoms with Gasteiger partial charge in [-0.3, -0.25) is 97.1 Å². The summed E-state index contributed by atoms with van der Waals surface area (Å²) in [5.74, 6) is -27.9. The SMILES string of the molecule is CC[C@H](C)[C@@H]1NC(=O)[C@H](CCCNC(=N)N)NC(=O)[C@H](Cc2ccccc2)NC(=O)[C@H](CC(N)=O)NC(=O)[C@@H](CO)NC(=O)[C@H](Cc2ccc(O)cc2)NC(=O)CSC[C@@H](C(N)=O)NC(=O)[C@H](CO)NC(=O)[C@H](CO)NC(=O)[C@H](CC(N)=O)NC(=O)[C@H](CO)NC(=O)[C@H](Cc2ccc(O)cc2)NC(=O)[C@H](CCCNC(=N)N)NC(=O)[C@H](CCCCNC(=O)C(F)(F)F)NC1=O. The van der Waals surface area contributed by atoms with Gasteiger partial charge in [0.05, 0.1) is 45.0 Å². The Morgan fingerprint density at radius 2 is 0.715 bits per heavy atom. The van der Waals surface area contributed by atoms with Gasteiger partial charge in [0.1, 0.15) is 96.1 Å². The van der Waals surface area contributed by atoms with Gasteiger partial charge in [0, 0.05) is 44.6 Å². The second-order valence-corrected chi connectivity index (χ2v) is 30.9. The molecule has 0 spiro atoms. The number of alkyl halides is 3. The number of aliphatic hydroxyl groups is 4. The molecule has 1 saturated heterocycles. The maximum Gasteiger partial charge on any atom is 0.471 e. The van der Waals surface area contributed by atoms with Crippen LogP contribution in [0.4, 0.5) is 13.2 Å². The lowest BCUT2D eigenvalue weighted by atomic mass is 9.96. The van der Waals surface area contributed by atoms with Crippen molar-refractivity contribution in [3.8, 4) is 11.5 Å². The highest BCUT2D eigenvalue weighted by molar-refractivity contribution is 8.00. The third kappa shape index (κ3) is 38.8. The zero-order valence-corrected chi connectivity index (χ0v) is 71.5. The number of thioether (sulfide) groups is 1. The smallest absolute Gasteiger partial charge is 0.471 e. The summed E-state index contributed by atoms with van der Waals surface area (Å²) in [6.45, 7) is -3.17. The predicted octanol–water partition coefficient (Wildman–Crippen LogP) is -10.7. The maximum absolute atomic E-state index is 15.1.